The lowest BCUT2D eigenvalue weighted by molar-refractivity contribution is -0.141. The predicted octanol–water partition coefficient (Wildman–Crippen LogP) is 3.56. The Morgan fingerprint density at radius 3 is 1.79 bits per heavy atom. The molecule has 0 radical (unpaired) electrons. The van der Waals surface area contributed by atoms with Crippen LogP contribution >= 0.6 is 0 Å². The van der Waals surface area contributed by atoms with Crippen LogP contribution in [-0.2, 0) is 9.59 Å². The number of amides is 1. The van der Waals surface area contributed by atoms with Crippen LogP contribution in [0.5, 0.6) is 0 Å². The van der Waals surface area contributed by atoms with Crippen molar-refractivity contribution in [2.45, 2.75) is 67.7 Å². The van der Waals surface area contributed by atoms with Crippen LogP contribution in [0.25, 0.3) is 0 Å². The van der Waals surface area contributed by atoms with Crippen LogP contribution in [-0.4, -0.2) is 11.7 Å². The molecule has 0 saturated heterocycles. The van der Waals surface area contributed by atoms with Crippen LogP contribution in [0.3, 0.4) is 0 Å². The maximum absolute atomic E-state index is 12.7. The fourth-order valence-electron chi connectivity index (χ4n) is 2.54. The zero-order chi connectivity index (χ0) is 15.4. The average molecular weight is 269 g/mol. The summed E-state index contributed by atoms with van der Waals surface area (Å²) in [6, 6.07) is 0. The van der Waals surface area contributed by atoms with Gasteiger partial charge in [-0.3, -0.25) is 9.59 Å². The summed E-state index contributed by atoms with van der Waals surface area (Å²) in [6.45, 7) is 13.9. The number of carbonyl (C=O) groups excluding carboxylic acids is 2. The number of rotatable bonds is 6. The van der Waals surface area contributed by atoms with Gasteiger partial charge in [-0.1, -0.05) is 61.3 Å². The summed E-state index contributed by atoms with van der Waals surface area (Å²) in [6.07, 6.45) is 2.64. The zero-order valence-electron chi connectivity index (χ0n) is 13.7. The molecule has 1 amide bonds. The van der Waals surface area contributed by atoms with Gasteiger partial charge in [0.15, 0.2) is 0 Å². The first-order valence-electron chi connectivity index (χ1n) is 7.26. The van der Waals surface area contributed by atoms with Gasteiger partial charge in [0.25, 0.3) is 0 Å². The summed E-state index contributed by atoms with van der Waals surface area (Å²) in [4.78, 5) is 24.5. The van der Waals surface area contributed by atoms with Gasteiger partial charge in [0, 0.05) is 17.3 Å². The summed E-state index contributed by atoms with van der Waals surface area (Å²) < 4.78 is 0. The van der Waals surface area contributed by atoms with Crippen LogP contribution in [0, 0.1) is 22.7 Å². The monoisotopic (exact) mass is 269 g/mol. The molecule has 0 saturated carbocycles. The quantitative estimate of drug-likeness (QED) is 0.801. The minimum Gasteiger partial charge on any atom is -0.369 e. The smallest absolute Gasteiger partial charge is 0.221 e. The first-order chi connectivity index (χ1) is 8.42. The molecule has 2 N–H and O–H groups in total. The van der Waals surface area contributed by atoms with E-state index in [1.54, 1.807) is 0 Å². The van der Waals surface area contributed by atoms with Crippen LogP contribution in [0.1, 0.15) is 67.7 Å². The van der Waals surface area contributed by atoms with Gasteiger partial charge in [-0.15, -0.1) is 0 Å². The summed E-state index contributed by atoms with van der Waals surface area (Å²) in [5.74, 6) is -0.867. The number of carbonyl (C=O) groups is 2. The molecule has 0 rings (SSSR count). The third-order valence-electron chi connectivity index (χ3n) is 3.59. The van der Waals surface area contributed by atoms with Crippen LogP contribution < -0.4 is 5.73 Å². The fraction of sp³-hybridized carbons (Fsp3) is 0.875. The molecular weight excluding hydrogens is 238 g/mol. The Kier molecular flexibility index (Phi) is 6.24. The van der Waals surface area contributed by atoms with E-state index in [9.17, 15) is 9.59 Å². The molecule has 19 heavy (non-hydrogen) atoms. The average Bonchev–Trinajstić information content (AvgIpc) is 2.19. The van der Waals surface area contributed by atoms with Crippen molar-refractivity contribution >= 4 is 11.7 Å². The molecule has 0 aliphatic carbocycles. The molecule has 0 aliphatic rings. The molecule has 0 aromatic heterocycles. The van der Waals surface area contributed by atoms with Crippen molar-refractivity contribution in [3.05, 3.63) is 0 Å². The minimum absolute atomic E-state index is 0.139. The van der Waals surface area contributed by atoms with E-state index in [1.807, 2.05) is 41.5 Å². The minimum atomic E-state index is -0.447. The second kappa shape index (κ2) is 6.53. The molecule has 2 atom stereocenters. The van der Waals surface area contributed by atoms with Crippen molar-refractivity contribution in [2.24, 2.45) is 28.4 Å². The van der Waals surface area contributed by atoms with Crippen molar-refractivity contribution in [3.8, 4) is 0 Å². The number of ketones is 1. The van der Waals surface area contributed by atoms with Crippen molar-refractivity contribution < 1.29 is 9.59 Å². The van der Waals surface area contributed by atoms with Crippen LogP contribution in [0.15, 0.2) is 0 Å². The summed E-state index contributed by atoms with van der Waals surface area (Å²) >= 11 is 0. The number of primary amides is 1. The Morgan fingerprint density at radius 1 is 1.05 bits per heavy atom. The molecule has 0 unspecified atom stereocenters. The maximum atomic E-state index is 12.7. The molecule has 0 aromatic rings. The third-order valence-corrected chi connectivity index (χ3v) is 3.59. The Balaban J connectivity index is 5.44. The van der Waals surface area contributed by atoms with E-state index in [4.69, 9.17) is 5.73 Å². The lowest BCUT2D eigenvalue weighted by Gasteiger charge is -2.38. The van der Waals surface area contributed by atoms with E-state index < -0.39 is 5.41 Å². The SMILES string of the molecule is CCCC[C@H](C(N)=O)[C@H](C(=O)C(C)(C)C)C(C)(C)C. The molecular formula is C16H31NO2. The van der Waals surface area contributed by atoms with Gasteiger partial charge in [-0.2, -0.15) is 0 Å². The molecule has 3 nitrogen and oxygen atoms in total. The molecule has 0 aliphatic heterocycles. The Labute approximate surface area is 118 Å². The molecule has 0 fully saturated rings. The van der Waals surface area contributed by atoms with Crippen LogP contribution in [0.2, 0.25) is 0 Å². The summed E-state index contributed by atoms with van der Waals surface area (Å²) in [5.41, 5.74) is 4.87. The Bertz CT molecular complexity index is 321. The van der Waals surface area contributed by atoms with E-state index in [1.165, 1.54) is 0 Å². The Morgan fingerprint density at radius 2 is 1.53 bits per heavy atom. The second-order valence-electron chi connectivity index (χ2n) is 7.61. The first-order valence-corrected chi connectivity index (χ1v) is 7.26. The van der Waals surface area contributed by atoms with Gasteiger partial charge in [0.05, 0.1) is 0 Å². The molecule has 112 valence electrons. The molecule has 3 heteroatoms. The van der Waals surface area contributed by atoms with Crippen molar-refractivity contribution in [1.29, 1.82) is 0 Å². The first kappa shape index (κ1) is 18.1. The van der Waals surface area contributed by atoms with E-state index in [-0.39, 0.29) is 28.9 Å². The lowest BCUT2D eigenvalue weighted by Crippen LogP contribution is -2.45. The standard InChI is InChI=1S/C16H31NO2/c1-8-9-10-11(14(17)19)12(15(2,3)4)13(18)16(5,6)7/h11-12H,8-10H2,1-7H3,(H2,17,19)/t11-,12+/m0/s1. The van der Waals surface area contributed by atoms with Crippen molar-refractivity contribution in [1.82, 2.24) is 0 Å². The highest BCUT2D eigenvalue weighted by atomic mass is 16.1. The lowest BCUT2D eigenvalue weighted by atomic mass is 9.64. The second-order valence-corrected chi connectivity index (χ2v) is 7.61. The van der Waals surface area contributed by atoms with Gasteiger partial charge >= 0.3 is 0 Å². The number of hydrogen-bond acceptors (Lipinski definition) is 2. The van der Waals surface area contributed by atoms with Gasteiger partial charge in [0.1, 0.15) is 5.78 Å². The predicted molar refractivity (Wildman–Crippen MR) is 79.6 cm³/mol. The number of hydrogen-bond donors (Lipinski definition) is 1. The highest BCUT2D eigenvalue weighted by molar-refractivity contribution is 5.91. The fourth-order valence-corrected chi connectivity index (χ4v) is 2.54. The normalized spacial score (nSPS) is 15.9. The van der Waals surface area contributed by atoms with E-state index in [0.717, 1.165) is 12.8 Å². The number of Topliss-reactive ketones (excluding diaryl/α,β-unsaturated/α-hetero) is 1. The molecule has 0 aromatic carbocycles. The van der Waals surface area contributed by atoms with Crippen LogP contribution in [0.4, 0.5) is 0 Å². The van der Waals surface area contributed by atoms with Gasteiger partial charge in [-0.25, -0.2) is 0 Å². The van der Waals surface area contributed by atoms with E-state index >= 15 is 0 Å². The van der Waals surface area contributed by atoms with Crippen molar-refractivity contribution in [2.75, 3.05) is 0 Å². The maximum Gasteiger partial charge on any atom is 0.221 e. The molecule has 0 spiro atoms. The highest BCUT2D eigenvalue weighted by Gasteiger charge is 2.43. The van der Waals surface area contributed by atoms with Gasteiger partial charge in [-0.05, 0) is 11.8 Å². The highest BCUT2D eigenvalue weighted by Crippen LogP contribution is 2.39. The van der Waals surface area contributed by atoms with Crippen molar-refractivity contribution in [3.63, 3.8) is 0 Å². The summed E-state index contributed by atoms with van der Waals surface area (Å²) in [5, 5.41) is 0. The van der Waals surface area contributed by atoms with Gasteiger partial charge in [0.2, 0.25) is 5.91 Å². The van der Waals surface area contributed by atoms with E-state index in [0.29, 0.717) is 6.42 Å². The van der Waals surface area contributed by atoms with E-state index in [2.05, 4.69) is 6.92 Å². The topological polar surface area (TPSA) is 60.2 Å². The number of nitrogens with two attached hydrogens (primary N) is 1. The van der Waals surface area contributed by atoms with Gasteiger partial charge < -0.3 is 5.73 Å². The largest absolute Gasteiger partial charge is 0.369 e. The molecule has 0 bridgehead atoms. The Hall–Kier alpha value is -0.860. The molecule has 0 heterocycles. The third kappa shape index (κ3) is 5.33. The summed E-state index contributed by atoms with van der Waals surface area (Å²) in [7, 11) is 0. The zero-order valence-corrected chi connectivity index (χ0v) is 13.7. The number of unbranched alkanes of at least 4 members (excludes halogenated alkanes) is 1.